The maximum Gasteiger partial charge on any atom is 0.407 e. The van der Waals surface area contributed by atoms with Gasteiger partial charge >= 0.3 is 6.09 Å². The van der Waals surface area contributed by atoms with E-state index in [1.165, 1.54) is 21.3 Å². The number of amides is 2. The molecule has 1 saturated heterocycles. The summed E-state index contributed by atoms with van der Waals surface area (Å²) in [4.78, 5) is 22.9. The van der Waals surface area contributed by atoms with Gasteiger partial charge in [0.15, 0.2) is 11.5 Å². The number of carbonyl (C=O) groups excluding carboxylic acids is 2. The highest BCUT2D eigenvalue weighted by Crippen LogP contribution is 2.39. The molecular formula is C13H16N2O6. The van der Waals surface area contributed by atoms with Crippen molar-refractivity contribution in [3.05, 3.63) is 12.1 Å². The molecule has 1 fully saturated rings. The Morgan fingerprint density at radius 1 is 1.24 bits per heavy atom. The molecule has 1 atom stereocenters. The predicted octanol–water partition coefficient (Wildman–Crippen LogP) is 0.759. The van der Waals surface area contributed by atoms with E-state index >= 15 is 0 Å². The van der Waals surface area contributed by atoms with Crippen molar-refractivity contribution in [1.29, 1.82) is 0 Å². The van der Waals surface area contributed by atoms with Crippen LogP contribution in [0.1, 0.15) is 0 Å². The molecule has 1 aliphatic heterocycles. The fraction of sp³-hybridized carbons (Fsp3) is 0.385. The van der Waals surface area contributed by atoms with Gasteiger partial charge in [0.25, 0.3) is 5.91 Å². The first-order valence-electron chi connectivity index (χ1n) is 6.13. The number of ether oxygens (including phenoxy) is 4. The largest absolute Gasteiger partial charge is 0.493 e. The van der Waals surface area contributed by atoms with Crippen LogP contribution in [0.25, 0.3) is 0 Å². The summed E-state index contributed by atoms with van der Waals surface area (Å²) < 4.78 is 20.2. The minimum atomic E-state index is -0.725. The Morgan fingerprint density at radius 2 is 1.86 bits per heavy atom. The highest BCUT2D eigenvalue weighted by Gasteiger charge is 2.29. The molecule has 0 aromatic heterocycles. The van der Waals surface area contributed by atoms with E-state index in [-0.39, 0.29) is 6.61 Å². The lowest BCUT2D eigenvalue weighted by molar-refractivity contribution is -0.117. The molecule has 0 aliphatic carbocycles. The second-order valence-corrected chi connectivity index (χ2v) is 4.20. The average Bonchev–Trinajstić information content (AvgIpc) is 2.92. The third kappa shape index (κ3) is 3.10. The van der Waals surface area contributed by atoms with Crippen LogP contribution in [-0.4, -0.2) is 46.0 Å². The lowest BCUT2D eigenvalue weighted by Gasteiger charge is -2.15. The Kier molecular flexibility index (Phi) is 4.36. The van der Waals surface area contributed by atoms with Crippen molar-refractivity contribution in [3.8, 4) is 17.2 Å². The number of hydrogen-bond acceptors (Lipinski definition) is 6. The maximum absolute atomic E-state index is 12.0. The van der Waals surface area contributed by atoms with Gasteiger partial charge in [-0.05, 0) is 0 Å². The monoisotopic (exact) mass is 296 g/mol. The Bertz CT molecular complexity index is 535. The van der Waals surface area contributed by atoms with Crippen LogP contribution in [0.2, 0.25) is 0 Å². The number of rotatable bonds is 5. The highest BCUT2D eigenvalue weighted by atomic mass is 16.6. The number of nitrogens with one attached hydrogen (secondary N) is 2. The lowest BCUT2D eigenvalue weighted by Crippen LogP contribution is -2.38. The molecular weight excluding hydrogens is 280 g/mol. The molecule has 0 spiro atoms. The Labute approximate surface area is 121 Å². The fourth-order valence-corrected chi connectivity index (χ4v) is 1.91. The Balaban J connectivity index is 2.20. The Hall–Kier alpha value is -2.64. The third-order valence-corrected chi connectivity index (χ3v) is 2.92. The van der Waals surface area contributed by atoms with E-state index in [0.29, 0.717) is 22.9 Å². The van der Waals surface area contributed by atoms with Gasteiger partial charge in [-0.3, -0.25) is 4.79 Å². The highest BCUT2D eigenvalue weighted by molar-refractivity contribution is 5.98. The van der Waals surface area contributed by atoms with Gasteiger partial charge in [-0.1, -0.05) is 0 Å². The molecule has 0 radical (unpaired) electrons. The third-order valence-electron chi connectivity index (χ3n) is 2.92. The van der Waals surface area contributed by atoms with Gasteiger partial charge in [0, 0.05) is 17.8 Å². The van der Waals surface area contributed by atoms with E-state index in [9.17, 15) is 9.59 Å². The van der Waals surface area contributed by atoms with Crippen LogP contribution in [0.5, 0.6) is 17.2 Å². The summed E-state index contributed by atoms with van der Waals surface area (Å²) >= 11 is 0. The molecule has 0 bridgehead atoms. The van der Waals surface area contributed by atoms with E-state index in [0.717, 1.165) is 0 Å². The summed E-state index contributed by atoms with van der Waals surface area (Å²) in [5.41, 5.74) is 0.454. The first-order chi connectivity index (χ1) is 10.1. The summed E-state index contributed by atoms with van der Waals surface area (Å²) in [6.07, 6.45) is -0.611. The number of alkyl carbamates (subject to hydrolysis) is 1. The number of cyclic esters (lactones) is 1. The molecule has 8 heteroatoms. The number of hydrogen-bond donors (Lipinski definition) is 2. The zero-order chi connectivity index (χ0) is 15.4. The van der Waals surface area contributed by atoms with Gasteiger partial charge in [0.1, 0.15) is 12.6 Å². The molecule has 114 valence electrons. The number of carbonyl (C=O) groups is 2. The van der Waals surface area contributed by atoms with Crippen molar-refractivity contribution < 1.29 is 28.5 Å². The van der Waals surface area contributed by atoms with Crippen LogP contribution in [0.15, 0.2) is 12.1 Å². The summed E-state index contributed by atoms with van der Waals surface area (Å²) in [5.74, 6) is 0.864. The van der Waals surface area contributed by atoms with Crippen LogP contribution < -0.4 is 24.8 Å². The molecule has 1 aromatic rings. The second-order valence-electron chi connectivity index (χ2n) is 4.20. The van der Waals surface area contributed by atoms with Crippen molar-refractivity contribution >= 4 is 17.7 Å². The van der Waals surface area contributed by atoms with Crippen molar-refractivity contribution in [3.63, 3.8) is 0 Å². The van der Waals surface area contributed by atoms with Crippen LogP contribution in [-0.2, 0) is 9.53 Å². The molecule has 1 aromatic carbocycles. The van der Waals surface area contributed by atoms with Crippen molar-refractivity contribution in [2.45, 2.75) is 6.04 Å². The predicted molar refractivity (Wildman–Crippen MR) is 73.0 cm³/mol. The summed E-state index contributed by atoms with van der Waals surface area (Å²) in [6, 6.07) is 2.46. The zero-order valence-electron chi connectivity index (χ0n) is 11.9. The molecule has 0 saturated carbocycles. The normalized spacial score (nSPS) is 16.7. The molecule has 2 amide bonds. The van der Waals surface area contributed by atoms with Gasteiger partial charge < -0.3 is 29.6 Å². The summed E-state index contributed by atoms with van der Waals surface area (Å²) in [5, 5.41) is 5.05. The topological polar surface area (TPSA) is 95.1 Å². The summed E-state index contributed by atoms with van der Waals surface area (Å²) in [7, 11) is 4.45. The number of anilines is 1. The van der Waals surface area contributed by atoms with Crippen LogP contribution in [0.3, 0.4) is 0 Å². The van der Waals surface area contributed by atoms with Crippen molar-refractivity contribution in [2.75, 3.05) is 33.3 Å². The molecule has 1 aliphatic rings. The minimum absolute atomic E-state index is 0.00487. The van der Waals surface area contributed by atoms with Crippen LogP contribution >= 0.6 is 0 Å². The van der Waals surface area contributed by atoms with Gasteiger partial charge in [-0.15, -0.1) is 0 Å². The minimum Gasteiger partial charge on any atom is -0.493 e. The van der Waals surface area contributed by atoms with Crippen molar-refractivity contribution in [1.82, 2.24) is 5.32 Å². The SMILES string of the molecule is COc1cc(NC(=O)C2COC(=O)N2)cc(OC)c1OC. The van der Waals surface area contributed by atoms with E-state index < -0.39 is 18.0 Å². The molecule has 2 N–H and O–H groups in total. The quantitative estimate of drug-likeness (QED) is 0.833. The molecule has 2 rings (SSSR count). The van der Waals surface area contributed by atoms with Crippen molar-refractivity contribution in [2.24, 2.45) is 0 Å². The van der Waals surface area contributed by atoms with E-state index in [1.807, 2.05) is 0 Å². The average molecular weight is 296 g/mol. The Morgan fingerprint density at radius 3 is 2.29 bits per heavy atom. The fourth-order valence-electron chi connectivity index (χ4n) is 1.91. The van der Waals surface area contributed by atoms with Gasteiger partial charge in [0.2, 0.25) is 5.75 Å². The van der Waals surface area contributed by atoms with E-state index in [2.05, 4.69) is 15.4 Å². The van der Waals surface area contributed by atoms with Gasteiger partial charge in [-0.2, -0.15) is 0 Å². The van der Waals surface area contributed by atoms with E-state index in [4.69, 9.17) is 14.2 Å². The first kappa shape index (κ1) is 14.8. The number of methoxy groups -OCH3 is 3. The van der Waals surface area contributed by atoms with E-state index in [1.54, 1.807) is 12.1 Å². The summed E-state index contributed by atoms with van der Waals surface area (Å²) in [6.45, 7) is -0.00487. The van der Waals surface area contributed by atoms with Gasteiger partial charge in [-0.25, -0.2) is 4.79 Å². The first-order valence-corrected chi connectivity index (χ1v) is 6.13. The van der Waals surface area contributed by atoms with Crippen LogP contribution in [0.4, 0.5) is 10.5 Å². The number of benzene rings is 1. The standard InChI is InChI=1S/C13H16N2O6/c1-18-9-4-7(5-10(19-2)11(9)20-3)14-12(16)8-6-21-13(17)15-8/h4-5,8H,6H2,1-3H3,(H,14,16)(H,15,17). The van der Waals surface area contributed by atoms with Gasteiger partial charge in [0.05, 0.1) is 21.3 Å². The molecule has 8 nitrogen and oxygen atoms in total. The second kappa shape index (κ2) is 6.21. The smallest absolute Gasteiger partial charge is 0.407 e. The lowest BCUT2D eigenvalue weighted by atomic mass is 10.2. The van der Waals surface area contributed by atoms with Crippen LogP contribution in [0, 0.1) is 0 Å². The maximum atomic E-state index is 12.0. The zero-order valence-corrected chi connectivity index (χ0v) is 11.9. The molecule has 1 unspecified atom stereocenters. The molecule has 1 heterocycles. The molecule has 21 heavy (non-hydrogen) atoms.